The average molecular weight is 419 g/mol. The number of nitro groups is 1. The number of aryl methyl sites for hydroxylation is 1. The van der Waals surface area contributed by atoms with E-state index in [1.807, 2.05) is 0 Å². The quantitative estimate of drug-likeness (QED) is 0.491. The minimum atomic E-state index is -4.13. The molecule has 0 radical (unpaired) electrons. The standard InChI is InChI=1S/C15H21N3O7S2/c1-3-17(9-15(19)16-12-6-7-26(22,23)10-12)27(24,25)13-5-4-11(2)14(8-13)18(20)21/h4-5,8,12H,3,6-7,9-10H2,1-2H3,(H,16,19). The van der Waals surface area contributed by atoms with E-state index in [-0.39, 0.29) is 35.1 Å². The maximum atomic E-state index is 12.8. The third kappa shape index (κ3) is 5.02. The zero-order chi connectivity index (χ0) is 20.4. The zero-order valence-corrected chi connectivity index (χ0v) is 16.5. The van der Waals surface area contributed by atoms with Crippen molar-refractivity contribution in [2.45, 2.75) is 31.2 Å². The Morgan fingerprint density at radius 3 is 2.59 bits per heavy atom. The van der Waals surface area contributed by atoms with Gasteiger partial charge in [-0.2, -0.15) is 4.31 Å². The highest BCUT2D eigenvalue weighted by Crippen LogP contribution is 2.24. The van der Waals surface area contributed by atoms with Crippen molar-refractivity contribution in [1.82, 2.24) is 9.62 Å². The van der Waals surface area contributed by atoms with Crippen molar-refractivity contribution in [2.24, 2.45) is 0 Å². The maximum Gasteiger partial charge on any atom is 0.273 e. The number of carbonyl (C=O) groups excluding carboxylic acids is 1. The minimum absolute atomic E-state index is 0.0131. The van der Waals surface area contributed by atoms with Crippen molar-refractivity contribution in [3.63, 3.8) is 0 Å². The second-order valence-electron chi connectivity index (χ2n) is 6.30. The summed E-state index contributed by atoms with van der Waals surface area (Å²) in [6, 6.07) is 3.02. The van der Waals surface area contributed by atoms with Crippen LogP contribution >= 0.6 is 0 Å². The summed E-state index contributed by atoms with van der Waals surface area (Å²) in [5, 5.41) is 13.6. The Kier molecular flexibility index (Phi) is 6.22. The molecule has 0 bridgehead atoms. The van der Waals surface area contributed by atoms with Gasteiger partial charge < -0.3 is 5.32 Å². The first-order valence-corrected chi connectivity index (χ1v) is 11.5. The molecule has 0 aromatic heterocycles. The van der Waals surface area contributed by atoms with Gasteiger partial charge >= 0.3 is 0 Å². The van der Waals surface area contributed by atoms with Gasteiger partial charge in [0.2, 0.25) is 15.9 Å². The van der Waals surface area contributed by atoms with Crippen LogP contribution in [0.2, 0.25) is 0 Å². The summed E-state index contributed by atoms with van der Waals surface area (Å²) >= 11 is 0. The van der Waals surface area contributed by atoms with Crippen LogP contribution in [-0.4, -0.2) is 62.6 Å². The lowest BCUT2D eigenvalue weighted by molar-refractivity contribution is -0.385. The topological polar surface area (TPSA) is 144 Å². The van der Waals surface area contributed by atoms with Gasteiger partial charge in [-0.25, -0.2) is 16.8 Å². The first kappa shape index (κ1) is 21.3. The summed E-state index contributed by atoms with van der Waals surface area (Å²) in [4.78, 5) is 22.3. The zero-order valence-electron chi connectivity index (χ0n) is 14.9. The van der Waals surface area contributed by atoms with Gasteiger partial charge in [-0.05, 0) is 19.4 Å². The summed E-state index contributed by atoms with van der Waals surface area (Å²) < 4.78 is 49.3. The molecule has 12 heteroatoms. The van der Waals surface area contributed by atoms with Crippen LogP contribution in [0.5, 0.6) is 0 Å². The van der Waals surface area contributed by atoms with Crippen molar-refractivity contribution in [1.29, 1.82) is 0 Å². The van der Waals surface area contributed by atoms with Crippen LogP contribution in [0.1, 0.15) is 18.9 Å². The van der Waals surface area contributed by atoms with Gasteiger partial charge in [0.25, 0.3) is 5.69 Å². The molecule has 0 saturated carbocycles. The molecular formula is C15H21N3O7S2. The predicted molar refractivity (Wildman–Crippen MR) is 97.5 cm³/mol. The van der Waals surface area contributed by atoms with Gasteiger partial charge in [-0.3, -0.25) is 14.9 Å². The van der Waals surface area contributed by atoms with Crippen LogP contribution in [0.3, 0.4) is 0 Å². The largest absolute Gasteiger partial charge is 0.351 e. The predicted octanol–water partition coefficient (Wildman–Crippen LogP) is 0.217. The number of sulfone groups is 1. The fourth-order valence-corrected chi connectivity index (χ4v) is 5.90. The van der Waals surface area contributed by atoms with Crippen LogP contribution in [0, 0.1) is 17.0 Å². The van der Waals surface area contributed by atoms with E-state index in [4.69, 9.17) is 0 Å². The average Bonchev–Trinajstić information content (AvgIpc) is 2.90. The number of nitro benzene ring substituents is 1. The Balaban J connectivity index is 2.17. The molecule has 2 rings (SSSR count). The first-order chi connectivity index (χ1) is 12.5. The Morgan fingerprint density at radius 1 is 1.41 bits per heavy atom. The van der Waals surface area contributed by atoms with E-state index in [0.717, 1.165) is 10.4 Å². The molecule has 1 atom stereocenters. The van der Waals surface area contributed by atoms with E-state index in [2.05, 4.69) is 5.32 Å². The molecule has 1 fully saturated rings. The van der Waals surface area contributed by atoms with Crippen LogP contribution < -0.4 is 5.32 Å². The molecule has 1 heterocycles. The van der Waals surface area contributed by atoms with Crippen LogP contribution in [0.25, 0.3) is 0 Å². The van der Waals surface area contributed by atoms with Gasteiger partial charge in [0, 0.05) is 24.2 Å². The van der Waals surface area contributed by atoms with Crippen molar-refractivity contribution in [3.8, 4) is 0 Å². The molecule has 1 unspecified atom stereocenters. The lowest BCUT2D eigenvalue weighted by atomic mass is 10.2. The van der Waals surface area contributed by atoms with E-state index in [1.165, 1.54) is 26.0 Å². The normalized spacial score (nSPS) is 19.1. The third-order valence-electron chi connectivity index (χ3n) is 4.29. The van der Waals surface area contributed by atoms with Gasteiger partial charge in [-0.1, -0.05) is 13.0 Å². The van der Waals surface area contributed by atoms with E-state index in [9.17, 15) is 31.7 Å². The van der Waals surface area contributed by atoms with Crippen LogP contribution in [-0.2, 0) is 24.7 Å². The Labute approximate surface area is 157 Å². The van der Waals surface area contributed by atoms with E-state index in [1.54, 1.807) is 0 Å². The van der Waals surface area contributed by atoms with E-state index >= 15 is 0 Å². The second-order valence-corrected chi connectivity index (χ2v) is 10.5. The lowest BCUT2D eigenvalue weighted by Crippen LogP contribution is -2.44. The maximum absolute atomic E-state index is 12.8. The molecule has 0 spiro atoms. The van der Waals surface area contributed by atoms with Gasteiger partial charge in [0.15, 0.2) is 9.84 Å². The number of carbonyl (C=O) groups is 1. The van der Waals surface area contributed by atoms with Crippen molar-refractivity contribution < 1.29 is 26.6 Å². The SMILES string of the molecule is CCN(CC(=O)NC1CCS(=O)(=O)C1)S(=O)(=O)c1ccc(C)c([N+](=O)[O-])c1. The Morgan fingerprint density at radius 2 is 2.07 bits per heavy atom. The summed E-state index contributed by atoms with van der Waals surface area (Å²) in [5.41, 5.74) is -0.00470. The molecule has 0 aliphatic carbocycles. The summed E-state index contributed by atoms with van der Waals surface area (Å²) in [5.74, 6) is -0.799. The number of likely N-dealkylation sites (N-methyl/N-ethyl adjacent to an activating group) is 1. The van der Waals surface area contributed by atoms with Gasteiger partial charge in [0.1, 0.15) is 0 Å². The Bertz CT molecular complexity index is 958. The second kappa shape index (κ2) is 7.90. The molecule has 1 aromatic carbocycles. The molecule has 1 aliphatic heterocycles. The first-order valence-electron chi connectivity index (χ1n) is 8.21. The van der Waals surface area contributed by atoms with E-state index < -0.39 is 43.3 Å². The molecule has 1 aliphatic rings. The van der Waals surface area contributed by atoms with E-state index in [0.29, 0.717) is 5.56 Å². The van der Waals surface area contributed by atoms with Crippen molar-refractivity contribution in [3.05, 3.63) is 33.9 Å². The number of rotatable bonds is 7. The molecule has 27 heavy (non-hydrogen) atoms. The fraction of sp³-hybridized carbons (Fsp3) is 0.533. The fourth-order valence-electron chi connectivity index (χ4n) is 2.80. The van der Waals surface area contributed by atoms with Crippen molar-refractivity contribution in [2.75, 3.05) is 24.6 Å². The number of hydrogen-bond donors (Lipinski definition) is 1. The third-order valence-corrected chi connectivity index (χ3v) is 7.97. The van der Waals surface area contributed by atoms with Crippen LogP contribution in [0.15, 0.2) is 23.1 Å². The molecular weight excluding hydrogens is 398 g/mol. The smallest absolute Gasteiger partial charge is 0.273 e. The molecule has 1 aromatic rings. The van der Waals surface area contributed by atoms with Crippen LogP contribution in [0.4, 0.5) is 5.69 Å². The number of benzene rings is 1. The van der Waals surface area contributed by atoms with Gasteiger partial charge in [-0.15, -0.1) is 0 Å². The molecule has 1 amide bonds. The summed E-state index contributed by atoms with van der Waals surface area (Å²) in [6.45, 7) is 2.50. The van der Waals surface area contributed by atoms with Crippen molar-refractivity contribution >= 4 is 31.5 Å². The van der Waals surface area contributed by atoms with Gasteiger partial charge in [0.05, 0.1) is 27.9 Å². The highest BCUT2D eigenvalue weighted by Gasteiger charge is 2.31. The number of sulfonamides is 1. The summed E-state index contributed by atoms with van der Waals surface area (Å²) in [6.07, 6.45) is 0.289. The molecule has 10 nitrogen and oxygen atoms in total. The number of nitrogens with zero attached hydrogens (tertiary/aromatic N) is 2. The Hall–Kier alpha value is -2.05. The number of hydrogen-bond acceptors (Lipinski definition) is 7. The minimum Gasteiger partial charge on any atom is -0.351 e. The summed E-state index contributed by atoms with van der Waals surface area (Å²) in [7, 11) is -7.30. The monoisotopic (exact) mass is 419 g/mol. The number of amides is 1. The lowest BCUT2D eigenvalue weighted by Gasteiger charge is -2.21. The highest BCUT2D eigenvalue weighted by molar-refractivity contribution is 7.91. The number of nitrogens with one attached hydrogen (secondary N) is 1. The highest BCUT2D eigenvalue weighted by atomic mass is 32.2. The molecule has 150 valence electrons. The molecule has 1 saturated heterocycles. The molecule has 1 N–H and O–H groups in total.